The highest BCUT2D eigenvalue weighted by Gasteiger charge is 2.10. The number of aromatic nitrogens is 1. The van der Waals surface area contributed by atoms with Gasteiger partial charge in [-0.1, -0.05) is 15.9 Å². The molecule has 0 atom stereocenters. The smallest absolute Gasteiger partial charge is 0.352 e. The summed E-state index contributed by atoms with van der Waals surface area (Å²) in [6.45, 7) is 0. The minimum atomic E-state index is -1.04. The van der Waals surface area contributed by atoms with Crippen LogP contribution < -0.4 is 0 Å². The molecule has 1 aromatic carbocycles. The van der Waals surface area contributed by atoms with Crippen LogP contribution in [0.25, 0.3) is 10.9 Å². The number of fused-ring (bicyclic) bond motifs is 1. The topological polar surface area (TPSA) is 76.9 Å². The molecule has 0 saturated carbocycles. The minimum absolute atomic E-state index is 0.0830. The summed E-state index contributed by atoms with van der Waals surface area (Å²) in [4.78, 5) is 13.4. The molecule has 1 aromatic heterocycles. The van der Waals surface area contributed by atoms with Crippen molar-refractivity contribution in [2.75, 3.05) is 0 Å². The Balaban J connectivity index is 2.81. The van der Waals surface area contributed by atoms with E-state index in [2.05, 4.69) is 20.9 Å². The molecule has 4 nitrogen and oxygen atoms in total. The maximum atomic E-state index is 10.7. The molecule has 0 saturated heterocycles. The van der Waals surface area contributed by atoms with Gasteiger partial charge in [-0.2, -0.15) is 5.26 Å². The SMILES string of the molecule is N#Cc1cc(Br)cc2cc(C(=O)O)[nH]c12. The third kappa shape index (κ3) is 1.60. The predicted molar refractivity (Wildman–Crippen MR) is 57.7 cm³/mol. The van der Waals surface area contributed by atoms with E-state index < -0.39 is 5.97 Å². The Bertz CT molecular complexity index is 595. The normalized spacial score (nSPS) is 10.1. The summed E-state index contributed by atoms with van der Waals surface area (Å²) in [6.07, 6.45) is 0. The zero-order valence-electron chi connectivity index (χ0n) is 7.41. The lowest BCUT2D eigenvalue weighted by molar-refractivity contribution is 0.0691. The minimum Gasteiger partial charge on any atom is -0.477 e. The van der Waals surface area contributed by atoms with Crippen LogP contribution in [-0.2, 0) is 0 Å². The van der Waals surface area contributed by atoms with Gasteiger partial charge >= 0.3 is 5.97 Å². The van der Waals surface area contributed by atoms with Gasteiger partial charge in [-0.25, -0.2) is 4.79 Å². The van der Waals surface area contributed by atoms with Crippen LogP contribution in [0.15, 0.2) is 22.7 Å². The number of nitrogens with zero attached hydrogens (tertiary/aromatic N) is 1. The quantitative estimate of drug-likeness (QED) is 0.831. The molecule has 0 radical (unpaired) electrons. The third-order valence-electron chi connectivity index (χ3n) is 2.04. The van der Waals surface area contributed by atoms with Crippen molar-refractivity contribution in [1.29, 1.82) is 5.26 Å². The molecule has 74 valence electrons. The Morgan fingerprint density at radius 3 is 2.80 bits per heavy atom. The molecule has 0 aliphatic rings. The predicted octanol–water partition coefficient (Wildman–Crippen LogP) is 2.50. The number of aromatic amines is 1. The number of halogens is 1. The van der Waals surface area contributed by atoms with Crippen LogP contribution in [0.4, 0.5) is 0 Å². The molecule has 2 aromatic rings. The average Bonchev–Trinajstić information content (AvgIpc) is 2.59. The van der Waals surface area contributed by atoms with E-state index in [1.54, 1.807) is 12.1 Å². The zero-order valence-corrected chi connectivity index (χ0v) is 9.00. The average molecular weight is 265 g/mol. The molecule has 0 fully saturated rings. The van der Waals surface area contributed by atoms with Crippen LogP contribution in [0.5, 0.6) is 0 Å². The van der Waals surface area contributed by atoms with Crippen LogP contribution in [-0.4, -0.2) is 16.1 Å². The second-order valence-corrected chi connectivity index (χ2v) is 3.93. The Hall–Kier alpha value is -1.80. The van der Waals surface area contributed by atoms with E-state index in [9.17, 15) is 4.79 Å². The van der Waals surface area contributed by atoms with Gasteiger partial charge in [-0.3, -0.25) is 0 Å². The van der Waals surface area contributed by atoms with Crippen molar-refractivity contribution in [1.82, 2.24) is 4.98 Å². The molecule has 15 heavy (non-hydrogen) atoms. The van der Waals surface area contributed by atoms with Crippen LogP contribution in [0, 0.1) is 11.3 Å². The Morgan fingerprint density at radius 2 is 2.20 bits per heavy atom. The maximum absolute atomic E-state index is 10.7. The molecular weight excluding hydrogens is 260 g/mol. The Kier molecular flexibility index (Phi) is 2.21. The number of aromatic carboxylic acids is 1. The number of nitriles is 1. The molecular formula is C10H5BrN2O2. The van der Waals surface area contributed by atoms with E-state index >= 15 is 0 Å². The maximum Gasteiger partial charge on any atom is 0.352 e. The van der Waals surface area contributed by atoms with Crippen molar-refractivity contribution in [2.45, 2.75) is 0 Å². The van der Waals surface area contributed by atoms with Crippen molar-refractivity contribution < 1.29 is 9.90 Å². The number of benzene rings is 1. The van der Waals surface area contributed by atoms with Gasteiger partial charge in [0.1, 0.15) is 11.8 Å². The molecule has 0 amide bonds. The summed E-state index contributed by atoms with van der Waals surface area (Å²) in [5.74, 6) is -1.04. The van der Waals surface area contributed by atoms with Gasteiger partial charge in [0.15, 0.2) is 0 Å². The molecule has 2 N–H and O–H groups in total. The van der Waals surface area contributed by atoms with Crippen molar-refractivity contribution in [3.63, 3.8) is 0 Å². The Morgan fingerprint density at radius 1 is 1.47 bits per heavy atom. The van der Waals surface area contributed by atoms with Crippen molar-refractivity contribution in [2.24, 2.45) is 0 Å². The first kappa shape index (κ1) is 9.74. The summed E-state index contributed by atoms with van der Waals surface area (Å²) < 4.78 is 0.752. The van der Waals surface area contributed by atoms with Crippen molar-refractivity contribution in [3.8, 4) is 6.07 Å². The third-order valence-corrected chi connectivity index (χ3v) is 2.50. The first-order valence-corrected chi connectivity index (χ1v) is 4.87. The van der Waals surface area contributed by atoms with Gasteiger partial charge in [0.05, 0.1) is 11.1 Å². The second-order valence-electron chi connectivity index (χ2n) is 3.02. The molecule has 5 heteroatoms. The van der Waals surface area contributed by atoms with Crippen LogP contribution in [0.1, 0.15) is 16.1 Å². The standard InChI is InChI=1S/C10H5BrN2O2/c11-7-1-5-3-8(10(14)15)13-9(5)6(2-7)4-12/h1-3,13H,(H,14,15). The van der Waals surface area contributed by atoms with Crippen LogP contribution in [0.3, 0.4) is 0 Å². The number of carboxylic acids is 1. The molecule has 0 spiro atoms. The van der Waals surface area contributed by atoms with Crippen LogP contribution >= 0.6 is 15.9 Å². The number of carboxylic acid groups (broad SMARTS) is 1. The van der Waals surface area contributed by atoms with Gasteiger partial charge in [-0.15, -0.1) is 0 Å². The largest absolute Gasteiger partial charge is 0.477 e. The number of nitrogens with one attached hydrogen (secondary N) is 1. The number of H-pyrrole nitrogens is 1. The van der Waals surface area contributed by atoms with Gasteiger partial charge < -0.3 is 10.1 Å². The van der Waals surface area contributed by atoms with E-state index in [1.165, 1.54) is 6.07 Å². The van der Waals surface area contributed by atoms with E-state index in [4.69, 9.17) is 10.4 Å². The van der Waals surface area contributed by atoms with Crippen molar-refractivity contribution in [3.05, 3.63) is 33.9 Å². The molecule has 2 rings (SSSR count). The lowest BCUT2D eigenvalue weighted by atomic mass is 10.1. The first-order valence-electron chi connectivity index (χ1n) is 4.07. The summed E-state index contributed by atoms with van der Waals surface area (Å²) in [5.41, 5.74) is 1.06. The fraction of sp³-hybridized carbons (Fsp3) is 0. The Labute approximate surface area is 93.3 Å². The molecule has 0 bridgehead atoms. The van der Waals surface area contributed by atoms with Gasteiger partial charge in [-0.05, 0) is 18.2 Å². The van der Waals surface area contributed by atoms with Crippen molar-refractivity contribution >= 4 is 32.8 Å². The first-order chi connectivity index (χ1) is 7.11. The fourth-order valence-corrected chi connectivity index (χ4v) is 1.89. The van der Waals surface area contributed by atoms with E-state index in [0.29, 0.717) is 16.5 Å². The summed E-state index contributed by atoms with van der Waals surface area (Å²) in [7, 11) is 0. The summed E-state index contributed by atoms with van der Waals surface area (Å²) >= 11 is 3.26. The van der Waals surface area contributed by atoms with Gasteiger partial charge in [0.2, 0.25) is 0 Å². The van der Waals surface area contributed by atoms with E-state index in [0.717, 1.165) is 4.47 Å². The van der Waals surface area contributed by atoms with Gasteiger partial charge in [0.25, 0.3) is 0 Å². The molecule has 1 heterocycles. The molecule has 0 unspecified atom stereocenters. The van der Waals surface area contributed by atoms with E-state index in [1.807, 2.05) is 6.07 Å². The molecule has 0 aliphatic carbocycles. The fourth-order valence-electron chi connectivity index (χ4n) is 1.41. The van der Waals surface area contributed by atoms with Crippen LogP contribution in [0.2, 0.25) is 0 Å². The van der Waals surface area contributed by atoms with Gasteiger partial charge in [0, 0.05) is 9.86 Å². The second kappa shape index (κ2) is 3.41. The lowest BCUT2D eigenvalue weighted by Crippen LogP contribution is -1.95. The number of rotatable bonds is 1. The summed E-state index contributed by atoms with van der Waals surface area (Å²) in [5, 5.41) is 18.4. The summed E-state index contributed by atoms with van der Waals surface area (Å²) in [6, 6.07) is 6.92. The highest BCUT2D eigenvalue weighted by molar-refractivity contribution is 9.10. The number of hydrogen-bond donors (Lipinski definition) is 2. The monoisotopic (exact) mass is 264 g/mol. The highest BCUT2D eigenvalue weighted by atomic mass is 79.9. The number of carbonyl (C=O) groups is 1. The number of hydrogen-bond acceptors (Lipinski definition) is 2. The van der Waals surface area contributed by atoms with E-state index in [-0.39, 0.29) is 5.69 Å². The molecule has 0 aliphatic heterocycles. The lowest BCUT2D eigenvalue weighted by Gasteiger charge is -1.94. The zero-order chi connectivity index (χ0) is 11.0. The highest BCUT2D eigenvalue weighted by Crippen LogP contribution is 2.24.